The molecule has 1 aliphatic rings. The maximum Gasteiger partial charge on any atom is 0.315 e. The van der Waals surface area contributed by atoms with Gasteiger partial charge in [-0.1, -0.05) is 16.8 Å². The van der Waals surface area contributed by atoms with Crippen molar-refractivity contribution in [2.75, 3.05) is 0 Å². The van der Waals surface area contributed by atoms with Crippen molar-refractivity contribution in [3.05, 3.63) is 35.2 Å². The lowest BCUT2D eigenvalue weighted by molar-refractivity contribution is -0.142. The fourth-order valence-corrected chi connectivity index (χ4v) is 3.05. The summed E-state index contributed by atoms with van der Waals surface area (Å²) in [6, 6.07) is 6.68. The summed E-state index contributed by atoms with van der Waals surface area (Å²) in [7, 11) is 0. The van der Waals surface area contributed by atoms with E-state index in [0.29, 0.717) is 42.4 Å². The van der Waals surface area contributed by atoms with Gasteiger partial charge in [-0.3, -0.25) is 4.79 Å². The smallest absolute Gasteiger partial charge is 0.315 e. The summed E-state index contributed by atoms with van der Waals surface area (Å²) < 4.78 is 5.13. The second kappa shape index (κ2) is 8.18. The second-order valence-corrected chi connectivity index (χ2v) is 6.67. The number of aliphatic carboxylic acids is 1. The van der Waals surface area contributed by atoms with Gasteiger partial charge in [0.25, 0.3) is 0 Å². The normalized spacial score (nSPS) is 19.7. The lowest BCUT2D eigenvalue weighted by Gasteiger charge is -2.26. The molecule has 1 aromatic heterocycles. The van der Waals surface area contributed by atoms with Crippen LogP contribution in [0.4, 0.5) is 4.79 Å². The van der Waals surface area contributed by atoms with E-state index in [4.69, 9.17) is 21.2 Å². The maximum absolute atomic E-state index is 12.0. The van der Waals surface area contributed by atoms with Crippen LogP contribution in [-0.2, 0) is 11.3 Å². The average Bonchev–Trinajstić information content (AvgIpc) is 3.10. The number of halogens is 1. The highest BCUT2D eigenvalue weighted by atomic mass is 35.5. The number of hydrogen-bond donors (Lipinski definition) is 3. The summed E-state index contributed by atoms with van der Waals surface area (Å²) in [5, 5.41) is 19.0. The largest absolute Gasteiger partial charge is 0.481 e. The first-order chi connectivity index (χ1) is 12.5. The van der Waals surface area contributed by atoms with Gasteiger partial charge in [0.2, 0.25) is 11.7 Å². The van der Waals surface area contributed by atoms with E-state index >= 15 is 0 Å². The SMILES string of the molecule is O=C(NCc1nc(-c2ccc(Cl)cc2)no1)NC1CCC(C(=O)O)CC1. The number of nitrogens with one attached hydrogen (secondary N) is 2. The summed E-state index contributed by atoms with van der Waals surface area (Å²) in [4.78, 5) is 27.1. The fraction of sp³-hybridized carbons (Fsp3) is 0.412. The van der Waals surface area contributed by atoms with Gasteiger partial charge >= 0.3 is 12.0 Å². The minimum absolute atomic E-state index is 0.0158. The molecule has 9 heteroatoms. The summed E-state index contributed by atoms with van der Waals surface area (Å²) in [6.07, 6.45) is 2.47. The van der Waals surface area contributed by atoms with Crippen LogP contribution in [0, 0.1) is 5.92 Å². The highest BCUT2D eigenvalue weighted by molar-refractivity contribution is 6.30. The fourth-order valence-electron chi connectivity index (χ4n) is 2.92. The number of nitrogens with zero attached hydrogens (tertiary/aromatic N) is 2. The van der Waals surface area contributed by atoms with Crippen LogP contribution in [0.15, 0.2) is 28.8 Å². The average molecular weight is 379 g/mol. The number of carbonyl (C=O) groups is 2. The van der Waals surface area contributed by atoms with Crippen LogP contribution >= 0.6 is 11.6 Å². The third kappa shape index (κ3) is 4.72. The number of aromatic nitrogens is 2. The molecule has 3 N–H and O–H groups in total. The first kappa shape index (κ1) is 18.2. The Hall–Kier alpha value is -2.61. The molecule has 0 radical (unpaired) electrons. The molecule has 2 amide bonds. The number of carbonyl (C=O) groups excluding carboxylic acids is 1. The van der Waals surface area contributed by atoms with Crippen molar-refractivity contribution in [2.45, 2.75) is 38.3 Å². The highest BCUT2D eigenvalue weighted by Crippen LogP contribution is 2.24. The van der Waals surface area contributed by atoms with E-state index in [2.05, 4.69) is 20.8 Å². The minimum atomic E-state index is -0.763. The molecule has 0 unspecified atom stereocenters. The van der Waals surface area contributed by atoms with E-state index in [1.54, 1.807) is 24.3 Å². The number of hydrogen-bond acceptors (Lipinski definition) is 5. The van der Waals surface area contributed by atoms with Crippen molar-refractivity contribution in [1.82, 2.24) is 20.8 Å². The molecule has 1 saturated carbocycles. The second-order valence-electron chi connectivity index (χ2n) is 6.23. The Morgan fingerprint density at radius 3 is 2.54 bits per heavy atom. The van der Waals surface area contributed by atoms with Crippen molar-refractivity contribution in [3.8, 4) is 11.4 Å². The first-order valence-corrected chi connectivity index (χ1v) is 8.75. The summed E-state index contributed by atoms with van der Waals surface area (Å²) in [5.41, 5.74) is 0.768. The third-order valence-electron chi connectivity index (χ3n) is 4.38. The summed E-state index contributed by atoms with van der Waals surface area (Å²) in [5.74, 6) is -0.355. The quantitative estimate of drug-likeness (QED) is 0.736. The topological polar surface area (TPSA) is 117 Å². The number of benzene rings is 1. The predicted molar refractivity (Wildman–Crippen MR) is 93.5 cm³/mol. The Bertz CT molecular complexity index is 769. The van der Waals surface area contributed by atoms with Gasteiger partial charge in [0.1, 0.15) is 0 Å². The number of urea groups is 1. The van der Waals surface area contributed by atoms with Gasteiger partial charge in [0, 0.05) is 16.6 Å². The van der Waals surface area contributed by atoms with E-state index in [0.717, 1.165) is 5.56 Å². The number of carboxylic acids is 1. The van der Waals surface area contributed by atoms with Crippen molar-refractivity contribution >= 4 is 23.6 Å². The summed E-state index contributed by atoms with van der Waals surface area (Å²) >= 11 is 5.84. The molecule has 0 spiro atoms. The predicted octanol–water partition coefficient (Wildman–Crippen LogP) is 2.83. The maximum atomic E-state index is 12.0. The molecule has 3 rings (SSSR count). The lowest BCUT2D eigenvalue weighted by atomic mass is 9.86. The minimum Gasteiger partial charge on any atom is -0.481 e. The molecule has 26 heavy (non-hydrogen) atoms. The summed E-state index contributed by atoms with van der Waals surface area (Å²) in [6.45, 7) is 0.108. The van der Waals surface area contributed by atoms with E-state index in [-0.39, 0.29) is 24.5 Å². The molecule has 0 saturated heterocycles. The van der Waals surface area contributed by atoms with Crippen LogP contribution in [0.5, 0.6) is 0 Å². The van der Waals surface area contributed by atoms with Gasteiger partial charge in [0.05, 0.1) is 12.5 Å². The zero-order valence-electron chi connectivity index (χ0n) is 13.9. The molecule has 1 heterocycles. The van der Waals surface area contributed by atoms with Gasteiger partial charge in [-0.2, -0.15) is 4.98 Å². The molecule has 138 valence electrons. The van der Waals surface area contributed by atoms with Crippen LogP contribution in [0.2, 0.25) is 5.02 Å². The van der Waals surface area contributed by atoms with Crippen molar-refractivity contribution in [1.29, 1.82) is 0 Å². The number of carboxylic acid groups (broad SMARTS) is 1. The van der Waals surface area contributed by atoms with Gasteiger partial charge in [0.15, 0.2) is 0 Å². The number of rotatable bonds is 5. The number of amides is 2. The van der Waals surface area contributed by atoms with Crippen molar-refractivity contribution in [3.63, 3.8) is 0 Å². The Kier molecular flexibility index (Phi) is 5.72. The Labute approximate surface area is 154 Å². The van der Waals surface area contributed by atoms with E-state index in [1.807, 2.05) is 0 Å². The van der Waals surface area contributed by atoms with Crippen LogP contribution in [-0.4, -0.2) is 33.3 Å². The molecule has 1 aromatic carbocycles. The van der Waals surface area contributed by atoms with Crippen LogP contribution in [0.1, 0.15) is 31.6 Å². The molecular formula is C17H19ClN4O4. The Morgan fingerprint density at radius 2 is 1.88 bits per heavy atom. The lowest BCUT2D eigenvalue weighted by Crippen LogP contribution is -2.43. The van der Waals surface area contributed by atoms with Gasteiger partial charge in [-0.05, 0) is 49.9 Å². The van der Waals surface area contributed by atoms with Gasteiger partial charge < -0.3 is 20.3 Å². The standard InChI is InChI=1S/C17H19ClN4O4/c18-12-5-1-10(2-6-12)15-21-14(26-22-15)9-19-17(25)20-13-7-3-11(4-8-13)16(23)24/h1-2,5-6,11,13H,3-4,7-9H2,(H,23,24)(H2,19,20,25). The molecule has 1 aliphatic carbocycles. The Morgan fingerprint density at radius 1 is 1.19 bits per heavy atom. The van der Waals surface area contributed by atoms with Crippen LogP contribution < -0.4 is 10.6 Å². The highest BCUT2D eigenvalue weighted by Gasteiger charge is 2.26. The Balaban J connectivity index is 1.45. The molecule has 0 bridgehead atoms. The van der Waals surface area contributed by atoms with E-state index in [1.165, 1.54) is 0 Å². The van der Waals surface area contributed by atoms with E-state index < -0.39 is 5.97 Å². The molecule has 0 aliphatic heterocycles. The van der Waals surface area contributed by atoms with Crippen LogP contribution in [0.3, 0.4) is 0 Å². The molecule has 0 atom stereocenters. The zero-order valence-corrected chi connectivity index (χ0v) is 14.7. The van der Waals surface area contributed by atoms with Crippen LogP contribution in [0.25, 0.3) is 11.4 Å². The van der Waals surface area contributed by atoms with Crippen molar-refractivity contribution < 1.29 is 19.2 Å². The molecule has 1 fully saturated rings. The van der Waals surface area contributed by atoms with Gasteiger partial charge in [-0.25, -0.2) is 4.79 Å². The van der Waals surface area contributed by atoms with E-state index in [9.17, 15) is 9.59 Å². The first-order valence-electron chi connectivity index (χ1n) is 8.37. The van der Waals surface area contributed by atoms with Crippen molar-refractivity contribution in [2.24, 2.45) is 5.92 Å². The zero-order chi connectivity index (χ0) is 18.5. The molecule has 8 nitrogen and oxygen atoms in total. The monoisotopic (exact) mass is 378 g/mol. The third-order valence-corrected chi connectivity index (χ3v) is 4.63. The van der Waals surface area contributed by atoms with Gasteiger partial charge in [-0.15, -0.1) is 0 Å². The molecular weight excluding hydrogens is 360 g/mol. The molecule has 2 aromatic rings.